The van der Waals surface area contributed by atoms with Gasteiger partial charge in [-0.15, -0.1) is 0 Å². The molecule has 0 amide bonds. The summed E-state index contributed by atoms with van der Waals surface area (Å²) in [6.07, 6.45) is 1.79. The summed E-state index contributed by atoms with van der Waals surface area (Å²) in [6, 6.07) is 8.64. The summed E-state index contributed by atoms with van der Waals surface area (Å²) < 4.78 is 5.40. The van der Waals surface area contributed by atoms with Gasteiger partial charge in [-0.05, 0) is 13.8 Å². The quantitative estimate of drug-likeness (QED) is 0.868. The van der Waals surface area contributed by atoms with Crippen molar-refractivity contribution in [1.29, 1.82) is 0 Å². The van der Waals surface area contributed by atoms with Gasteiger partial charge in [0.05, 0.1) is 18.5 Å². The van der Waals surface area contributed by atoms with Crippen LogP contribution in [0.5, 0.6) is 5.75 Å². The lowest BCUT2D eigenvalue weighted by Gasteiger charge is -2.18. The molecule has 0 saturated heterocycles. The Kier molecular flexibility index (Phi) is 4.02. The highest BCUT2D eigenvalue weighted by Gasteiger charge is 2.29. The lowest BCUT2D eigenvalue weighted by molar-refractivity contribution is 0.0973. The van der Waals surface area contributed by atoms with Crippen molar-refractivity contribution in [3.8, 4) is 5.75 Å². The molecule has 0 spiro atoms. The molecule has 116 valence electrons. The highest BCUT2D eigenvalue weighted by Crippen LogP contribution is 2.28. The highest BCUT2D eigenvalue weighted by molar-refractivity contribution is 6.26. The molecule has 1 aliphatic rings. The molecule has 5 heteroatoms. The van der Waals surface area contributed by atoms with Crippen molar-refractivity contribution < 1.29 is 14.3 Å². The fraction of sp³-hybridized carbons (Fsp3) is 0.222. The Balaban J connectivity index is 1.97. The zero-order chi connectivity index (χ0) is 16.4. The van der Waals surface area contributed by atoms with Crippen LogP contribution in [0.3, 0.4) is 0 Å². The maximum Gasteiger partial charge on any atom is 0.190 e. The van der Waals surface area contributed by atoms with Crippen molar-refractivity contribution in [1.82, 2.24) is 10.2 Å². The smallest absolute Gasteiger partial charge is 0.190 e. The van der Waals surface area contributed by atoms with Gasteiger partial charge in [0.15, 0.2) is 11.6 Å². The third-order valence-corrected chi connectivity index (χ3v) is 3.83. The number of carbonyl (C=O) groups excluding carboxylic acids is 2. The van der Waals surface area contributed by atoms with Crippen molar-refractivity contribution in [2.75, 3.05) is 6.61 Å². The first-order valence-electron chi connectivity index (χ1n) is 7.44. The van der Waals surface area contributed by atoms with Crippen molar-refractivity contribution in [2.24, 2.45) is 0 Å². The summed E-state index contributed by atoms with van der Waals surface area (Å²) in [6.45, 7) is 4.09. The van der Waals surface area contributed by atoms with Crippen LogP contribution in [0.25, 0.3) is 0 Å². The summed E-state index contributed by atoms with van der Waals surface area (Å²) in [4.78, 5) is 25.2. The first-order chi connectivity index (χ1) is 11.1. The van der Waals surface area contributed by atoms with Crippen molar-refractivity contribution in [3.63, 3.8) is 0 Å². The van der Waals surface area contributed by atoms with Gasteiger partial charge in [0, 0.05) is 34.8 Å². The predicted molar refractivity (Wildman–Crippen MR) is 84.7 cm³/mol. The van der Waals surface area contributed by atoms with Crippen LogP contribution in [0.15, 0.2) is 47.7 Å². The maximum absolute atomic E-state index is 12.7. The molecule has 0 N–H and O–H groups in total. The zero-order valence-electron chi connectivity index (χ0n) is 13.0. The summed E-state index contributed by atoms with van der Waals surface area (Å²) in [5.74, 6) is 0.371. The Bertz CT molecular complexity index is 825. The minimum absolute atomic E-state index is 0.107. The van der Waals surface area contributed by atoms with Crippen LogP contribution in [-0.2, 0) is 6.42 Å². The molecule has 23 heavy (non-hydrogen) atoms. The molecule has 1 heterocycles. The third kappa shape index (κ3) is 2.77. The Morgan fingerprint density at radius 1 is 1.09 bits per heavy atom. The molecule has 0 atom stereocenters. The molecule has 0 radical (unpaired) electrons. The number of Topliss-reactive ketones (excluding diaryl/α,β-unsaturated/α-hetero) is 2. The van der Waals surface area contributed by atoms with E-state index in [1.807, 2.05) is 6.92 Å². The standard InChI is InChI=1S/C18H16N2O3/c1-3-23-13-8-12(20-19-10-13)9-16-11(2)17(21)14-6-4-5-7-15(14)18(16)22/h4-8,10H,3,9H2,1-2H3. The lowest BCUT2D eigenvalue weighted by Crippen LogP contribution is -2.22. The van der Waals surface area contributed by atoms with E-state index in [1.165, 1.54) is 6.20 Å². The van der Waals surface area contributed by atoms with Crippen LogP contribution in [0.2, 0.25) is 0 Å². The zero-order valence-corrected chi connectivity index (χ0v) is 13.0. The maximum atomic E-state index is 12.7. The van der Waals surface area contributed by atoms with Gasteiger partial charge in [-0.25, -0.2) is 0 Å². The van der Waals surface area contributed by atoms with Crippen LogP contribution in [0.4, 0.5) is 0 Å². The molecule has 1 aromatic heterocycles. The molecule has 0 unspecified atom stereocenters. The van der Waals surface area contributed by atoms with Gasteiger partial charge in [0.2, 0.25) is 0 Å². The number of rotatable bonds is 4. The SMILES string of the molecule is CCOc1cnnc(CC2=C(C)C(=O)c3ccccc3C2=O)c1. The van der Waals surface area contributed by atoms with E-state index in [0.29, 0.717) is 40.3 Å². The molecule has 2 aromatic rings. The summed E-state index contributed by atoms with van der Waals surface area (Å²) in [5.41, 5.74) is 2.46. The largest absolute Gasteiger partial charge is 0.492 e. The van der Waals surface area contributed by atoms with Gasteiger partial charge >= 0.3 is 0 Å². The summed E-state index contributed by atoms with van der Waals surface area (Å²) >= 11 is 0. The van der Waals surface area contributed by atoms with E-state index in [9.17, 15) is 9.59 Å². The van der Waals surface area contributed by atoms with Crippen LogP contribution in [-0.4, -0.2) is 28.4 Å². The van der Waals surface area contributed by atoms with Crippen molar-refractivity contribution in [3.05, 3.63) is 64.5 Å². The topological polar surface area (TPSA) is 69.2 Å². The fourth-order valence-corrected chi connectivity index (χ4v) is 2.67. The van der Waals surface area contributed by atoms with E-state index in [0.717, 1.165) is 0 Å². The fourth-order valence-electron chi connectivity index (χ4n) is 2.67. The molecule has 0 fully saturated rings. The molecule has 0 aliphatic heterocycles. The van der Waals surface area contributed by atoms with E-state index < -0.39 is 0 Å². The molecular formula is C18H16N2O3. The molecule has 1 aliphatic carbocycles. The van der Waals surface area contributed by atoms with E-state index in [4.69, 9.17) is 4.74 Å². The second kappa shape index (κ2) is 6.12. The number of benzene rings is 1. The third-order valence-electron chi connectivity index (χ3n) is 3.83. The van der Waals surface area contributed by atoms with Crippen LogP contribution in [0, 0.1) is 0 Å². The van der Waals surface area contributed by atoms with Gasteiger partial charge in [0.25, 0.3) is 0 Å². The van der Waals surface area contributed by atoms with Crippen molar-refractivity contribution >= 4 is 11.6 Å². The number of ether oxygens (including phenoxy) is 1. The Morgan fingerprint density at radius 2 is 1.78 bits per heavy atom. The van der Waals surface area contributed by atoms with Gasteiger partial charge in [-0.1, -0.05) is 24.3 Å². The van der Waals surface area contributed by atoms with E-state index >= 15 is 0 Å². The number of carbonyl (C=O) groups is 2. The minimum Gasteiger partial charge on any atom is -0.492 e. The van der Waals surface area contributed by atoms with Crippen LogP contribution in [0.1, 0.15) is 40.3 Å². The average Bonchev–Trinajstić information content (AvgIpc) is 2.57. The monoisotopic (exact) mass is 308 g/mol. The number of hydrogen-bond donors (Lipinski definition) is 0. The second-order valence-corrected chi connectivity index (χ2v) is 5.30. The van der Waals surface area contributed by atoms with Crippen LogP contribution >= 0.6 is 0 Å². The van der Waals surface area contributed by atoms with Gasteiger partial charge in [-0.3, -0.25) is 9.59 Å². The first kappa shape index (κ1) is 15.1. The molecule has 5 nitrogen and oxygen atoms in total. The first-order valence-corrected chi connectivity index (χ1v) is 7.44. The summed E-state index contributed by atoms with van der Waals surface area (Å²) in [7, 11) is 0. The highest BCUT2D eigenvalue weighted by atomic mass is 16.5. The number of fused-ring (bicyclic) bond motifs is 1. The molecular weight excluding hydrogens is 292 g/mol. The predicted octanol–water partition coefficient (Wildman–Crippen LogP) is 2.81. The van der Waals surface area contributed by atoms with Crippen LogP contribution < -0.4 is 4.74 Å². The summed E-state index contributed by atoms with van der Waals surface area (Å²) in [5, 5.41) is 7.93. The minimum atomic E-state index is -0.124. The van der Waals surface area contributed by atoms with E-state index in [-0.39, 0.29) is 18.0 Å². The number of allylic oxidation sites excluding steroid dienone is 2. The molecule has 1 aromatic carbocycles. The van der Waals surface area contributed by atoms with E-state index in [1.54, 1.807) is 37.3 Å². The number of hydrogen-bond acceptors (Lipinski definition) is 5. The Hall–Kier alpha value is -2.82. The van der Waals surface area contributed by atoms with Crippen molar-refractivity contribution in [2.45, 2.75) is 20.3 Å². The lowest BCUT2D eigenvalue weighted by atomic mass is 9.83. The Morgan fingerprint density at radius 3 is 2.48 bits per heavy atom. The number of nitrogens with zero attached hydrogens (tertiary/aromatic N) is 2. The van der Waals surface area contributed by atoms with Gasteiger partial charge in [0.1, 0.15) is 5.75 Å². The second-order valence-electron chi connectivity index (χ2n) is 5.30. The number of aromatic nitrogens is 2. The van der Waals surface area contributed by atoms with Gasteiger partial charge in [-0.2, -0.15) is 10.2 Å². The number of ketones is 2. The average molecular weight is 308 g/mol. The van der Waals surface area contributed by atoms with E-state index in [2.05, 4.69) is 10.2 Å². The normalized spacial score (nSPS) is 14.0. The molecule has 0 saturated carbocycles. The molecule has 0 bridgehead atoms. The molecule has 3 rings (SSSR count). The Labute approximate surface area is 134 Å². The van der Waals surface area contributed by atoms with Gasteiger partial charge < -0.3 is 4.74 Å².